The van der Waals surface area contributed by atoms with Gasteiger partial charge in [-0.3, -0.25) is 9.69 Å². The molecule has 0 aliphatic carbocycles. The lowest BCUT2D eigenvalue weighted by Crippen LogP contribution is -2.32. The lowest BCUT2D eigenvalue weighted by molar-refractivity contribution is 0.112. The fourth-order valence-corrected chi connectivity index (χ4v) is 2.88. The summed E-state index contributed by atoms with van der Waals surface area (Å²) in [6.45, 7) is 5.01. The number of aldehydes is 1. The minimum atomic E-state index is 0.230. The molecule has 1 aliphatic heterocycles. The first-order valence-corrected chi connectivity index (χ1v) is 6.83. The van der Waals surface area contributed by atoms with Crippen molar-refractivity contribution >= 4 is 23.3 Å². The number of nitrogens with zero attached hydrogens (tertiary/aromatic N) is 2. The Hall–Kier alpha value is -0.910. The third-order valence-corrected chi connectivity index (χ3v) is 3.94. The summed E-state index contributed by atoms with van der Waals surface area (Å²) in [4.78, 5) is 16.1. The molecule has 2 heterocycles. The number of hydrogen-bond acceptors (Lipinski definition) is 5. The van der Waals surface area contributed by atoms with E-state index < -0.39 is 0 Å². The zero-order valence-electron chi connectivity index (χ0n) is 9.84. The molecule has 0 amide bonds. The monoisotopic (exact) mass is 254 g/mol. The van der Waals surface area contributed by atoms with Crippen molar-refractivity contribution in [3.63, 3.8) is 0 Å². The average molecular weight is 254 g/mol. The molecule has 0 saturated carbocycles. The predicted molar refractivity (Wildman–Crippen MR) is 70.1 cm³/mol. The van der Waals surface area contributed by atoms with Crippen LogP contribution in [0.15, 0.2) is 11.4 Å². The van der Waals surface area contributed by atoms with Crippen LogP contribution in [0.5, 0.6) is 0 Å². The van der Waals surface area contributed by atoms with Gasteiger partial charge in [0.2, 0.25) is 0 Å². The smallest absolute Gasteiger partial charge is 0.160 e. The number of thiophene rings is 1. The SMILES string of the molecule is O=Cc1cc(N2CCCN(CCO)CC2)cs1. The van der Waals surface area contributed by atoms with Gasteiger partial charge < -0.3 is 10.0 Å². The van der Waals surface area contributed by atoms with Gasteiger partial charge in [-0.25, -0.2) is 0 Å². The van der Waals surface area contributed by atoms with Gasteiger partial charge in [0.1, 0.15) is 0 Å². The van der Waals surface area contributed by atoms with Gasteiger partial charge in [-0.1, -0.05) is 0 Å². The molecule has 17 heavy (non-hydrogen) atoms. The second-order valence-corrected chi connectivity index (χ2v) is 5.17. The number of anilines is 1. The molecular formula is C12H18N2O2S. The lowest BCUT2D eigenvalue weighted by Gasteiger charge is -2.22. The Balaban J connectivity index is 1.96. The molecule has 1 aliphatic rings. The highest BCUT2D eigenvalue weighted by Crippen LogP contribution is 2.23. The van der Waals surface area contributed by atoms with E-state index in [-0.39, 0.29) is 6.61 Å². The fourth-order valence-electron chi connectivity index (χ4n) is 2.16. The molecule has 4 nitrogen and oxygen atoms in total. The lowest BCUT2D eigenvalue weighted by atomic mass is 10.3. The van der Waals surface area contributed by atoms with E-state index in [1.165, 1.54) is 11.3 Å². The van der Waals surface area contributed by atoms with Crippen molar-refractivity contribution in [1.82, 2.24) is 4.90 Å². The molecule has 0 atom stereocenters. The van der Waals surface area contributed by atoms with E-state index >= 15 is 0 Å². The standard InChI is InChI=1S/C12H18N2O2S/c15-7-6-13-2-1-3-14(5-4-13)11-8-12(9-16)17-10-11/h8-10,15H,1-7H2. The van der Waals surface area contributed by atoms with Crippen molar-refractivity contribution in [2.75, 3.05) is 44.2 Å². The van der Waals surface area contributed by atoms with E-state index in [1.807, 2.05) is 11.4 Å². The van der Waals surface area contributed by atoms with Crippen LogP contribution in [-0.4, -0.2) is 55.6 Å². The van der Waals surface area contributed by atoms with Crippen molar-refractivity contribution < 1.29 is 9.90 Å². The third-order valence-electron chi connectivity index (χ3n) is 3.09. The van der Waals surface area contributed by atoms with Gasteiger partial charge in [-0.05, 0) is 19.0 Å². The van der Waals surface area contributed by atoms with Crippen LogP contribution in [0.1, 0.15) is 16.1 Å². The van der Waals surface area contributed by atoms with Crippen molar-refractivity contribution in [2.45, 2.75) is 6.42 Å². The molecular weight excluding hydrogens is 236 g/mol. The fraction of sp³-hybridized carbons (Fsp3) is 0.583. The Kier molecular flexibility index (Phi) is 4.53. The number of aliphatic hydroxyl groups is 1. The maximum atomic E-state index is 10.7. The highest BCUT2D eigenvalue weighted by molar-refractivity contribution is 7.12. The molecule has 1 N–H and O–H groups in total. The summed E-state index contributed by atoms with van der Waals surface area (Å²) in [5, 5.41) is 11.0. The second kappa shape index (κ2) is 6.14. The first-order valence-electron chi connectivity index (χ1n) is 5.95. The van der Waals surface area contributed by atoms with E-state index in [4.69, 9.17) is 5.11 Å². The van der Waals surface area contributed by atoms with Crippen LogP contribution in [0, 0.1) is 0 Å². The number of carbonyl (C=O) groups is 1. The van der Waals surface area contributed by atoms with Crippen molar-refractivity contribution in [3.05, 3.63) is 16.3 Å². The third kappa shape index (κ3) is 3.28. The van der Waals surface area contributed by atoms with Gasteiger partial charge in [0, 0.05) is 37.2 Å². The summed E-state index contributed by atoms with van der Waals surface area (Å²) < 4.78 is 0. The van der Waals surface area contributed by atoms with Crippen LogP contribution in [0.3, 0.4) is 0 Å². The van der Waals surface area contributed by atoms with E-state index in [9.17, 15) is 4.79 Å². The first kappa shape index (κ1) is 12.5. The summed E-state index contributed by atoms with van der Waals surface area (Å²) in [5.74, 6) is 0. The minimum Gasteiger partial charge on any atom is -0.395 e. The average Bonchev–Trinajstić information content (AvgIpc) is 2.70. The van der Waals surface area contributed by atoms with Gasteiger partial charge in [0.05, 0.1) is 11.5 Å². The van der Waals surface area contributed by atoms with E-state index in [0.29, 0.717) is 0 Å². The summed E-state index contributed by atoms with van der Waals surface area (Å²) >= 11 is 1.50. The minimum absolute atomic E-state index is 0.230. The van der Waals surface area contributed by atoms with Crippen LogP contribution in [-0.2, 0) is 0 Å². The topological polar surface area (TPSA) is 43.8 Å². The molecule has 1 aromatic heterocycles. The molecule has 1 saturated heterocycles. The molecule has 1 fully saturated rings. The van der Waals surface area contributed by atoms with E-state index in [0.717, 1.165) is 56.0 Å². The van der Waals surface area contributed by atoms with Crippen LogP contribution < -0.4 is 4.90 Å². The summed E-state index contributed by atoms with van der Waals surface area (Å²) in [6, 6.07) is 1.96. The number of carbonyl (C=O) groups excluding carboxylic acids is 1. The molecule has 1 aromatic rings. The Morgan fingerprint density at radius 3 is 2.94 bits per heavy atom. The van der Waals surface area contributed by atoms with Gasteiger partial charge in [-0.2, -0.15) is 0 Å². The van der Waals surface area contributed by atoms with Gasteiger partial charge in [0.15, 0.2) is 6.29 Å². The molecule has 0 radical (unpaired) electrons. The number of rotatable bonds is 4. The Bertz CT molecular complexity index is 367. The van der Waals surface area contributed by atoms with Gasteiger partial charge in [-0.15, -0.1) is 11.3 Å². The van der Waals surface area contributed by atoms with Crippen LogP contribution in [0.2, 0.25) is 0 Å². The quantitative estimate of drug-likeness (QED) is 0.816. The molecule has 2 rings (SSSR count). The summed E-state index contributed by atoms with van der Waals surface area (Å²) in [5.41, 5.74) is 1.16. The first-order chi connectivity index (χ1) is 8.33. The second-order valence-electron chi connectivity index (χ2n) is 4.23. The molecule has 0 bridgehead atoms. The van der Waals surface area contributed by atoms with Gasteiger partial charge >= 0.3 is 0 Å². The molecule has 94 valence electrons. The highest BCUT2D eigenvalue weighted by Gasteiger charge is 2.15. The Morgan fingerprint density at radius 1 is 1.35 bits per heavy atom. The highest BCUT2D eigenvalue weighted by atomic mass is 32.1. The van der Waals surface area contributed by atoms with Crippen molar-refractivity contribution in [1.29, 1.82) is 0 Å². The van der Waals surface area contributed by atoms with Crippen molar-refractivity contribution in [2.24, 2.45) is 0 Å². The predicted octanol–water partition coefficient (Wildman–Crippen LogP) is 1.07. The maximum Gasteiger partial charge on any atom is 0.160 e. The largest absolute Gasteiger partial charge is 0.395 e. The molecule has 0 aromatic carbocycles. The van der Waals surface area contributed by atoms with Crippen molar-refractivity contribution in [3.8, 4) is 0 Å². The molecule has 0 spiro atoms. The van der Waals surface area contributed by atoms with Gasteiger partial charge in [0.25, 0.3) is 0 Å². The maximum absolute atomic E-state index is 10.7. The van der Waals surface area contributed by atoms with Crippen LogP contribution in [0.4, 0.5) is 5.69 Å². The molecule has 5 heteroatoms. The number of β-amino-alcohol motifs (C(OH)–C–C–N with tert-alkyl or cyclic N) is 1. The summed E-state index contributed by atoms with van der Waals surface area (Å²) in [7, 11) is 0. The summed E-state index contributed by atoms with van der Waals surface area (Å²) in [6.07, 6.45) is 2.01. The number of hydrogen-bond donors (Lipinski definition) is 1. The van der Waals surface area contributed by atoms with Crippen LogP contribution >= 0.6 is 11.3 Å². The Labute approximate surface area is 105 Å². The van der Waals surface area contributed by atoms with E-state index in [1.54, 1.807) is 0 Å². The normalized spacial score (nSPS) is 18.1. The molecule has 0 unspecified atom stereocenters. The van der Waals surface area contributed by atoms with Crippen LogP contribution in [0.25, 0.3) is 0 Å². The Morgan fingerprint density at radius 2 is 2.24 bits per heavy atom. The zero-order chi connectivity index (χ0) is 12.1. The number of aliphatic hydroxyl groups excluding tert-OH is 1. The van der Waals surface area contributed by atoms with E-state index in [2.05, 4.69) is 9.80 Å². The zero-order valence-corrected chi connectivity index (χ0v) is 10.7.